The second-order valence-electron chi connectivity index (χ2n) is 4.15. The van der Waals surface area contributed by atoms with Crippen molar-refractivity contribution < 1.29 is 4.74 Å². The van der Waals surface area contributed by atoms with E-state index in [0.29, 0.717) is 36.2 Å². The third-order valence-electron chi connectivity index (χ3n) is 2.64. The van der Waals surface area contributed by atoms with Crippen molar-refractivity contribution in [3.8, 4) is 6.07 Å². The highest BCUT2D eigenvalue weighted by molar-refractivity contribution is 5.59. The van der Waals surface area contributed by atoms with E-state index in [1.807, 2.05) is 6.92 Å². The van der Waals surface area contributed by atoms with E-state index in [9.17, 15) is 0 Å². The molecule has 0 aliphatic heterocycles. The summed E-state index contributed by atoms with van der Waals surface area (Å²) in [6, 6.07) is 10.8. The molecule has 108 valence electrons. The van der Waals surface area contributed by atoms with E-state index in [-0.39, 0.29) is 0 Å². The number of aromatic nitrogens is 2. The molecule has 2 aromatic rings. The van der Waals surface area contributed by atoms with Gasteiger partial charge < -0.3 is 15.5 Å². The first-order valence-corrected chi connectivity index (χ1v) is 6.44. The summed E-state index contributed by atoms with van der Waals surface area (Å²) in [6.45, 7) is 2.80. The summed E-state index contributed by atoms with van der Waals surface area (Å²) in [4.78, 5) is 8.55. The molecule has 4 N–H and O–H groups in total. The van der Waals surface area contributed by atoms with Crippen LogP contribution in [0.2, 0.25) is 0 Å². The average molecular weight is 284 g/mol. The van der Waals surface area contributed by atoms with E-state index in [2.05, 4.69) is 26.8 Å². The fourth-order valence-corrected chi connectivity index (χ4v) is 1.67. The molecule has 0 bridgehead atoms. The molecular formula is C14H16N6O. The Morgan fingerprint density at radius 3 is 2.57 bits per heavy atom. The van der Waals surface area contributed by atoms with Crippen molar-refractivity contribution in [3.05, 3.63) is 41.7 Å². The quantitative estimate of drug-likeness (QED) is 0.549. The standard InChI is InChI=1S/C14H16N6O/c1-2-21-9-14-18-12(7-13(19-14)20-16)17-11-5-3-10(8-15)4-6-11/h3-7H,2,9,16H2,1H3,(H2,17,18,19,20). The summed E-state index contributed by atoms with van der Waals surface area (Å²) in [7, 11) is 0. The maximum Gasteiger partial charge on any atom is 0.158 e. The molecule has 1 heterocycles. The van der Waals surface area contributed by atoms with Gasteiger partial charge in [0, 0.05) is 18.4 Å². The lowest BCUT2D eigenvalue weighted by molar-refractivity contribution is 0.128. The van der Waals surface area contributed by atoms with Gasteiger partial charge in [0.2, 0.25) is 0 Å². The molecule has 0 aliphatic carbocycles. The van der Waals surface area contributed by atoms with Crippen molar-refractivity contribution in [1.82, 2.24) is 9.97 Å². The first kappa shape index (κ1) is 14.7. The topological polar surface area (TPSA) is 109 Å². The van der Waals surface area contributed by atoms with Crippen molar-refractivity contribution in [3.63, 3.8) is 0 Å². The van der Waals surface area contributed by atoms with Crippen molar-refractivity contribution >= 4 is 17.3 Å². The summed E-state index contributed by atoms with van der Waals surface area (Å²) in [5.41, 5.74) is 3.92. The average Bonchev–Trinajstić information content (AvgIpc) is 2.53. The molecule has 0 atom stereocenters. The number of nitrogens with zero attached hydrogens (tertiary/aromatic N) is 3. The number of anilines is 3. The Morgan fingerprint density at radius 1 is 1.24 bits per heavy atom. The Labute approximate surface area is 122 Å². The maximum atomic E-state index is 8.78. The van der Waals surface area contributed by atoms with Crippen LogP contribution in [0.1, 0.15) is 18.3 Å². The van der Waals surface area contributed by atoms with Gasteiger partial charge in [-0.05, 0) is 31.2 Å². The summed E-state index contributed by atoms with van der Waals surface area (Å²) < 4.78 is 5.30. The molecule has 0 saturated heterocycles. The van der Waals surface area contributed by atoms with Crippen LogP contribution in [0, 0.1) is 11.3 Å². The van der Waals surface area contributed by atoms with Crippen LogP contribution in [0.4, 0.5) is 17.3 Å². The number of hydrazine groups is 1. The molecule has 7 heteroatoms. The van der Waals surface area contributed by atoms with Gasteiger partial charge >= 0.3 is 0 Å². The second-order valence-corrected chi connectivity index (χ2v) is 4.15. The van der Waals surface area contributed by atoms with Crippen LogP contribution >= 0.6 is 0 Å². The van der Waals surface area contributed by atoms with E-state index in [1.54, 1.807) is 30.3 Å². The molecule has 1 aromatic carbocycles. The van der Waals surface area contributed by atoms with E-state index >= 15 is 0 Å². The third-order valence-corrected chi connectivity index (χ3v) is 2.64. The largest absolute Gasteiger partial charge is 0.374 e. The summed E-state index contributed by atoms with van der Waals surface area (Å²) in [6.07, 6.45) is 0. The van der Waals surface area contributed by atoms with Crippen molar-refractivity contribution in [2.45, 2.75) is 13.5 Å². The van der Waals surface area contributed by atoms with Gasteiger partial charge in [-0.25, -0.2) is 15.8 Å². The number of nitrogen functional groups attached to an aromatic ring is 1. The van der Waals surface area contributed by atoms with Gasteiger partial charge in [-0.15, -0.1) is 0 Å². The van der Waals surface area contributed by atoms with Gasteiger partial charge in [0.1, 0.15) is 18.2 Å². The highest BCUT2D eigenvalue weighted by Crippen LogP contribution is 2.18. The Kier molecular flexibility index (Phi) is 5.04. The van der Waals surface area contributed by atoms with Crippen LogP contribution < -0.4 is 16.6 Å². The molecule has 0 spiro atoms. The normalized spacial score (nSPS) is 9.95. The Hall–Kier alpha value is -2.69. The molecule has 0 fully saturated rings. The molecular weight excluding hydrogens is 268 g/mol. The lowest BCUT2D eigenvalue weighted by Gasteiger charge is -2.10. The Bertz CT molecular complexity index is 635. The van der Waals surface area contributed by atoms with Crippen LogP contribution in [0.3, 0.4) is 0 Å². The van der Waals surface area contributed by atoms with Gasteiger partial charge in [0.15, 0.2) is 5.82 Å². The zero-order chi connectivity index (χ0) is 15.1. The molecule has 0 unspecified atom stereocenters. The number of rotatable bonds is 6. The summed E-state index contributed by atoms with van der Waals surface area (Å²) in [5, 5.41) is 11.9. The molecule has 0 amide bonds. The lowest BCUT2D eigenvalue weighted by Crippen LogP contribution is -2.12. The minimum atomic E-state index is 0.314. The number of hydrogen-bond donors (Lipinski definition) is 3. The maximum absolute atomic E-state index is 8.78. The van der Waals surface area contributed by atoms with E-state index in [1.165, 1.54) is 0 Å². The number of nitriles is 1. The van der Waals surface area contributed by atoms with Crippen LogP contribution in [0.25, 0.3) is 0 Å². The highest BCUT2D eigenvalue weighted by Gasteiger charge is 2.05. The minimum Gasteiger partial charge on any atom is -0.374 e. The molecule has 0 radical (unpaired) electrons. The number of nitrogens with one attached hydrogen (secondary N) is 2. The van der Waals surface area contributed by atoms with Crippen molar-refractivity contribution in [2.24, 2.45) is 5.84 Å². The highest BCUT2D eigenvalue weighted by atomic mass is 16.5. The zero-order valence-corrected chi connectivity index (χ0v) is 11.6. The summed E-state index contributed by atoms with van der Waals surface area (Å²) in [5.74, 6) is 7.02. The molecule has 7 nitrogen and oxygen atoms in total. The van der Waals surface area contributed by atoms with E-state index in [4.69, 9.17) is 15.8 Å². The number of ether oxygens (including phenoxy) is 1. The summed E-state index contributed by atoms with van der Waals surface area (Å²) >= 11 is 0. The molecule has 0 saturated carbocycles. The number of benzene rings is 1. The van der Waals surface area contributed by atoms with E-state index < -0.39 is 0 Å². The molecule has 1 aromatic heterocycles. The predicted octanol–water partition coefficient (Wildman–Crippen LogP) is 1.91. The SMILES string of the molecule is CCOCc1nc(NN)cc(Nc2ccc(C#N)cc2)n1. The third kappa shape index (κ3) is 4.14. The smallest absolute Gasteiger partial charge is 0.158 e. The minimum absolute atomic E-state index is 0.314. The van der Waals surface area contributed by atoms with Gasteiger partial charge in [-0.1, -0.05) is 0 Å². The van der Waals surface area contributed by atoms with Crippen LogP contribution in [-0.4, -0.2) is 16.6 Å². The second kappa shape index (κ2) is 7.19. The van der Waals surface area contributed by atoms with E-state index in [0.717, 1.165) is 5.69 Å². The zero-order valence-electron chi connectivity index (χ0n) is 11.6. The predicted molar refractivity (Wildman–Crippen MR) is 79.6 cm³/mol. The first-order chi connectivity index (χ1) is 10.2. The number of hydrogen-bond acceptors (Lipinski definition) is 7. The lowest BCUT2D eigenvalue weighted by atomic mass is 10.2. The van der Waals surface area contributed by atoms with Gasteiger partial charge in [0.05, 0.1) is 11.6 Å². The Balaban J connectivity index is 2.19. The van der Waals surface area contributed by atoms with Crippen LogP contribution in [0.5, 0.6) is 0 Å². The molecule has 21 heavy (non-hydrogen) atoms. The Morgan fingerprint density at radius 2 is 1.95 bits per heavy atom. The van der Waals surface area contributed by atoms with Crippen LogP contribution in [-0.2, 0) is 11.3 Å². The van der Waals surface area contributed by atoms with Gasteiger partial charge in [0.25, 0.3) is 0 Å². The van der Waals surface area contributed by atoms with Gasteiger partial charge in [-0.3, -0.25) is 0 Å². The fraction of sp³-hybridized carbons (Fsp3) is 0.214. The first-order valence-electron chi connectivity index (χ1n) is 6.44. The number of nitrogens with two attached hydrogens (primary N) is 1. The van der Waals surface area contributed by atoms with Gasteiger partial charge in [-0.2, -0.15) is 5.26 Å². The molecule has 0 aliphatic rings. The van der Waals surface area contributed by atoms with Crippen LogP contribution in [0.15, 0.2) is 30.3 Å². The van der Waals surface area contributed by atoms with Crippen molar-refractivity contribution in [2.75, 3.05) is 17.3 Å². The monoisotopic (exact) mass is 284 g/mol. The fourth-order valence-electron chi connectivity index (χ4n) is 1.67. The van der Waals surface area contributed by atoms with Crippen molar-refractivity contribution in [1.29, 1.82) is 5.26 Å². The molecule has 2 rings (SSSR count).